The van der Waals surface area contributed by atoms with Crippen molar-refractivity contribution < 1.29 is 47.7 Å². The van der Waals surface area contributed by atoms with E-state index in [-0.39, 0.29) is 40.7 Å². The first kappa shape index (κ1) is 42.4. The van der Waals surface area contributed by atoms with E-state index in [2.05, 4.69) is 137 Å². The molecule has 6 rings (SSSR count). The fourth-order valence-corrected chi connectivity index (χ4v) is 24.9. The standard InChI is InChI=1S/2C23H28P.2ClH.Hf/c2*1-3-5-15-24(16-6-4-2)21-17-20-13-10-14-22(23(20)18-21)19-11-8-7-9-12-19;;;/h2*7-14,17-18H,3-6,15-16H2,1-2H3;2*1H;/q;;;;+2/p-2. The average molecular weight is 920 g/mol. The predicted molar refractivity (Wildman–Crippen MR) is 218 cm³/mol. The van der Waals surface area contributed by atoms with Crippen LogP contribution in [-0.2, 0) is 22.9 Å². The van der Waals surface area contributed by atoms with Crippen molar-refractivity contribution in [3.05, 3.63) is 130 Å². The van der Waals surface area contributed by atoms with Gasteiger partial charge in [-0.3, -0.25) is 0 Å². The molecule has 0 bridgehead atoms. The zero-order chi connectivity index (χ0) is 34.0. The SMILES string of the molecule is CCCCP(CCCC)C1=Cc2c(-c3ccccc3)cccc2[CH]1[Hf+2][CH]1C(P(CCCC)CCCC)=Cc2c(-c3ccccc3)cccc21.[Cl-].[Cl-]. The third kappa shape index (κ3) is 10.1. The molecule has 0 nitrogen and oxygen atoms in total. The van der Waals surface area contributed by atoms with Crippen LogP contribution in [0.15, 0.2) is 108 Å². The van der Waals surface area contributed by atoms with Gasteiger partial charge in [0.05, 0.1) is 0 Å². The molecular weight excluding hydrogens is 864 g/mol. The zero-order valence-corrected chi connectivity index (χ0v) is 38.1. The maximum atomic E-state index is 2.77. The third-order valence-electron chi connectivity index (χ3n) is 10.4. The average Bonchev–Trinajstić information content (AvgIpc) is 3.71. The van der Waals surface area contributed by atoms with Crippen molar-refractivity contribution in [1.29, 1.82) is 0 Å². The van der Waals surface area contributed by atoms with Crippen LogP contribution >= 0.6 is 15.8 Å². The van der Waals surface area contributed by atoms with Crippen molar-refractivity contribution >= 4 is 28.0 Å². The van der Waals surface area contributed by atoms with Crippen molar-refractivity contribution in [2.24, 2.45) is 0 Å². The molecule has 0 amide bonds. The molecule has 2 atom stereocenters. The Labute approximate surface area is 336 Å². The summed E-state index contributed by atoms with van der Waals surface area (Å²) in [6.07, 6.45) is 21.9. The largest absolute Gasteiger partial charge is 1.00 e. The smallest absolute Gasteiger partial charge is 1.00 e. The number of hydrogen-bond donors (Lipinski definition) is 0. The second-order valence-electron chi connectivity index (χ2n) is 13.9. The van der Waals surface area contributed by atoms with Crippen LogP contribution in [-0.4, -0.2) is 24.6 Å². The summed E-state index contributed by atoms with van der Waals surface area (Å²) in [7, 11) is -0.246. The van der Waals surface area contributed by atoms with Gasteiger partial charge in [-0.1, -0.05) is 0 Å². The first-order valence-corrected chi connectivity index (χ1v) is 26.8. The summed E-state index contributed by atoms with van der Waals surface area (Å²) in [5, 5.41) is 3.77. The quantitative estimate of drug-likeness (QED) is 0.0693. The molecule has 2 aliphatic carbocycles. The van der Waals surface area contributed by atoms with E-state index < -0.39 is 22.9 Å². The van der Waals surface area contributed by atoms with E-state index in [1.54, 1.807) is 22.3 Å². The molecule has 0 aliphatic heterocycles. The van der Waals surface area contributed by atoms with E-state index in [9.17, 15) is 0 Å². The number of allylic oxidation sites excluding steroid dienone is 2. The van der Waals surface area contributed by atoms with Crippen LogP contribution in [0.2, 0.25) is 0 Å². The molecule has 0 fully saturated rings. The van der Waals surface area contributed by atoms with E-state index >= 15 is 0 Å². The molecule has 0 saturated carbocycles. The second kappa shape index (κ2) is 21.5. The van der Waals surface area contributed by atoms with Gasteiger partial charge in [0.1, 0.15) is 0 Å². The van der Waals surface area contributed by atoms with Crippen molar-refractivity contribution in [1.82, 2.24) is 0 Å². The van der Waals surface area contributed by atoms with Crippen molar-refractivity contribution in [2.75, 3.05) is 24.6 Å². The molecule has 0 saturated heterocycles. The van der Waals surface area contributed by atoms with E-state index in [0.717, 1.165) is 0 Å². The first-order chi connectivity index (χ1) is 24.2. The molecule has 0 spiro atoms. The molecule has 0 aromatic heterocycles. The van der Waals surface area contributed by atoms with Crippen LogP contribution in [0.3, 0.4) is 0 Å². The van der Waals surface area contributed by atoms with E-state index in [1.165, 1.54) is 98.3 Å². The van der Waals surface area contributed by atoms with Gasteiger partial charge in [-0.15, -0.1) is 0 Å². The first-order valence-electron chi connectivity index (χ1n) is 19.2. The zero-order valence-electron chi connectivity index (χ0n) is 31.2. The molecule has 2 aliphatic rings. The van der Waals surface area contributed by atoms with Gasteiger partial charge in [-0.2, -0.15) is 0 Å². The Morgan fingerprint density at radius 3 is 1.14 bits per heavy atom. The van der Waals surface area contributed by atoms with Gasteiger partial charge in [0, 0.05) is 0 Å². The monoisotopic (exact) mass is 920 g/mol. The van der Waals surface area contributed by atoms with Crippen LogP contribution in [0.1, 0.15) is 109 Å². The summed E-state index contributed by atoms with van der Waals surface area (Å²) in [5.41, 5.74) is 12.1. The summed E-state index contributed by atoms with van der Waals surface area (Å²) in [5.74, 6) is 0. The van der Waals surface area contributed by atoms with Gasteiger partial charge in [0.15, 0.2) is 0 Å². The van der Waals surface area contributed by atoms with Gasteiger partial charge in [-0.25, -0.2) is 0 Å². The number of benzene rings is 4. The van der Waals surface area contributed by atoms with Crippen molar-refractivity contribution in [3.8, 4) is 22.3 Å². The molecule has 5 heteroatoms. The number of unbranched alkanes of at least 4 members (excludes halogenated alkanes) is 4. The molecule has 0 heterocycles. The minimum atomic E-state index is -1.36. The maximum Gasteiger partial charge on any atom is -1.00 e. The Hall–Kier alpha value is -1.33. The fourth-order valence-electron chi connectivity index (χ4n) is 7.71. The summed E-state index contributed by atoms with van der Waals surface area (Å²) in [4.78, 5) is 0. The van der Waals surface area contributed by atoms with Crippen LogP contribution < -0.4 is 24.8 Å². The Bertz CT molecular complexity index is 1580. The molecule has 0 N–H and O–H groups in total. The van der Waals surface area contributed by atoms with Crippen LogP contribution in [0, 0.1) is 0 Å². The number of hydrogen-bond acceptors (Lipinski definition) is 0. The van der Waals surface area contributed by atoms with Crippen LogP contribution in [0.4, 0.5) is 0 Å². The van der Waals surface area contributed by atoms with Crippen molar-refractivity contribution in [3.63, 3.8) is 0 Å². The van der Waals surface area contributed by atoms with Gasteiger partial charge < -0.3 is 24.8 Å². The fraction of sp³-hybridized carbons (Fsp3) is 0.391. The molecule has 2 unspecified atom stereocenters. The van der Waals surface area contributed by atoms with Gasteiger partial charge in [0.2, 0.25) is 0 Å². The van der Waals surface area contributed by atoms with E-state index in [1.807, 2.05) is 10.6 Å². The summed E-state index contributed by atoms with van der Waals surface area (Å²) in [6, 6.07) is 37.1. The van der Waals surface area contributed by atoms with Crippen molar-refractivity contribution in [2.45, 2.75) is 86.4 Å². The van der Waals surface area contributed by atoms with Gasteiger partial charge >= 0.3 is 314 Å². The number of halogens is 2. The Balaban J connectivity index is 0.00000292. The molecule has 268 valence electrons. The molecular formula is C46H56Cl2HfP2. The summed E-state index contributed by atoms with van der Waals surface area (Å²) >= 11 is -1.36. The minimum Gasteiger partial charge on any atom is -1.00 e. The number of fused-ring (bicyclic) bond motifs is 2. The minimum absolute atomic E-state index is 0. The van der Waals surface area contributed by atoms with Gasteiger partial charge in [-0.05, 0) is 0 Å². The predicted octanol–water partition coefficient (Wildman–Crippen LogP) is 8.77. The molecule has 51 heavy (non-hydrogen) atoms. The summed E-state index contributed by atoms with van der Waals surface area (Å²) in [6.45, 7) is 9.56. The Morgan fingerprint density at radius 2 is 0.804 bits per heavy atom. The molecule has 0 radical (unpaired) electrons. The Morgan fingerprint density at radius 1 is 0.451 bits per heavy atom. The van der Waals surface area contributed by atoms with Gasteiger partial charge in [0.25, 0.3) is 0 Å². The van der Waals surface area contributed by atoms with Crippen LogP contribution in [0.5, 0.6) is 0 Å². The second-order valence-corrected chi connectivity index (χ2v) is 24.2. The number of rotatable bonds is 18. The normalized spacial score (nSPS) is 15.8. The maximum absolute atomic E-state index is 2.77. The van der Waals surface area contributed by atoms with Crippen LogP contribution in [0.25, 0.3) is 34.4 Å². The van der Waals surface area contributed by atoms with E-state index in [4.69, 9.17) is 0 Å². The summed E-state index contributed by atoms with van der Waals surface area (Å²) < 4.78 is 1.37. The topological polar surface area (TPSA) is 0 Å². The van der Waals surface area contributed by atoms with E-state index in [0.29, 0.717) is 7.35 Å². The molecule has 4 aromatic carbocycles. The molecule has 4 aromatic rings. The third-order valence-corrected chi connectivity index (χ3v) is 24.7. The Kier molecular flexibility index (Phi) is 17.9.